The van der Waals surface area contributed by atoms with Crippen LogP contribution in [0.25, 0.3) is 86.9 Å². The van der Waals surface area contributed by atoms with Crippen LogP contribution in [0.5, 0.6) is 0 Å². The van der Waals surface area contributed by atoms with Crippen LogP contribution in [-0.2, 0) is 0 Å². The van der Waals surface area contributed by atoms with Crippen molar-refractivity contribution in [3.8, 4) is 22.3 Å². The normalized spacial score (nSPS) is 12.4. The Morgan fingerprint density at radius 3 is 1.08 bits per heavy atom. The van der Waals surface area contributed by atoms with Gasteiger partial charge in [-0.05, 0) is 99.0 Å². The van der Waals surface area contributed by atoms with Gasteiger partial charge < -0.3 is 0 Å². The highest BCUT2D eigenvalue weighted by Crippen LogP contribution is 2.51. The van der Waals surface area contributed by atoms with Crippen molar-refractivity contribution in [1.82, 2.24) is 0 Å². The van der Waals surface area contributed by atoms with Gasteiger partial charge in [0.1, 0.15) is 0 Å². The van der Waals surface area contributed by atoms with Gasteiger partial charge in [-0.1, -0.05) is 109 Å². The Hall–Kier alpha value is -4.68. The molecule has 0 saturated carbocycles. The van der Waals surface area contributed by atoms with Gasteiger partial charge in [-0.15, -0.1) is 0 Å². The van der Waals surface area contributed by atoms with Crippen LogP contribution in [0, 0.1) is 0 Å². The van der Waals surface area contributed by atoms with E-state index in [9.17, 15) is 0 Å². The van der Waals surface area contributed by atoms with Crippen molar-refractivity contribution in [2.24, 2.45) is 0 Å². The molecule has 0 heteroatoms. The van der Waals surface area contributed by atoms with Crippen LogP contribution in [0.1, 0.15) is 0 Å². The lowest BCUT2D eigenvalue weighted by atomic mass is 9.79. The van der Waals surface area contributed by atoms with Gasteiger partial charge in [-0.3, -0.25) is 0 Å². The molecule has 0 saturated heterocycles. The predicted molar refractivity (Wildman–Crippen MR) is 156 cm³/mol. The molecule has 164 valence electrons. The van der Waals surface area contributed by atoms with E-state index in [-0.39, 0.29) is 0 Å². The fourth-order valence-electron chi connectivity index (χ4n) is 6.80. The lowest BCUT2D eigenvalue weighted by Crippen LogP contribution is -1.95. The van der Waals surface area contributed by atoms with Crippen molar-refractivity contribution < 1.29 is 0 Å². The maximum absolute atomic E-state index is 2.41. The fourth-order valence-corrected chi connectivity index (χ4v) is 6.80. The first kappa shape index (κ1) is 18.6. The molecule has 0 heterocycles. The first-order chi connectivity index (χ1) is 17.9. The highest BCUT2D eigenvalue weighted by molar-refractivity contribution is 6.46. The maximum Gasteiger partial charge on any atom is -0.000763 e. The molecule has 0 aliphatic rings. The zero-order valence-corrected chi connectivity index (χ0v) is 19.5. The second-order valence-electron chi connectivity index (χ2n) is 10.1. The minimum Gasteiger partial charge on any atom is -0.0622 e. The molecular weight excluding hydrogens is 432 g/mol. The summed E-state index contributed by atoms with van der Waals surface area (Å²) in [6, 6.07) is 45.1. The van der Waals surface area contributed by atoms with Crippen molar-refractivity contribution in [2.45, 2.75) is 0 Å². The van der Waals surface area contributed by atoms with E-state index in [2.05, 4.69) is 121 Å². The largest absolute Gasteiger partial charge is 0.0622 e. The Bertz CT molecular complexity index is 2040. The van der Waals surface area contributed by atoms with Gasteiger partial charge in [0.05, 0.1) is 0 Å². The Morgan fingerprint density at radius 2 is 0.639 bits per heavy atom. The van der Waals surface area contributed by atoms with Gasteiger partial charge in [-0.25, -0.2) is 0 Å². The van der Waals surface area contributed by atoms with E-state index in [1.807, 2.05) is 0 Å². The Balaban J connectivity index is 1.61. The third kappa shape index (κ3) is 2.20. The van der Waals surface area contributed by atoms with E-state index in [0.29, 0.717) is 0 Å². The van der Waals surface area contributed by atoms with Crippen LogP contribution in [0.4, 0.5) is 0 Å². The summed E-state index contributed by atoms with van der Waals surface area (Å²) in [5.41, 5.74) is 5.17. The van der Waals surface area contributed by atoms with Gasteiger partial charge in [0.25, 0.3) is 0 Å². The van der Waals surface area contributed by atoms with E-state index in [1.54, 1.807) is 0 Å². The molecule has 0 nitrogen and oxygen atoms in total. The Morgan fingerprint density at radius 1 is 0.278 bits per heavy atom. The lowest BCUT2D eigenvalue weighted by Gasteiger charge is -2.23. The molecule has 0 aliphatic heterocycles. The summed E-state index contributed by atoms with van der Waals surface area (Å²) >= 11 is 0. The Labute approximate surface area is 208 Å². The Kier molecular flexibility index (Phi) is 3.36. The second kappa shape index (κ2) is 6.50. The average Bonchev–Trinajstić information content (AvgIpc) is 2.96. The minimum absolute atomic E-state index is 1.27. The van der Waals surface area contributed by atoms with Crippen molar-refractivity contribution in [2.75, 3.05) is 0 Å². The molecule has 9 aromatic rings. The molecule has 0 radical (unpaired) electrons. The summed E-state index contributed by atoms with van der Waals surface area (Å²) in [4.78, 5) is 0. The molecule has 36 heavy (non-hydrogen) atoms. The van der Waals surface area contributed by atoms with Crippen molar-refractivity contribution in [1.29, 1.82) is 0 Å². The first-order valence-electron chi connectivity index (χ1n) is 12.6. The molecule has 0 atom stereocenters. The molecule has 0 spiro atoms. The van der Waals surface area contributed by atoms with Crippen molar-refractivity contribution in [3.05, 3.63) is 121 Å². The fraction of sp³-hybridized carbons (Fsp3) is 0. The second-order valence-corrected chi connectivity index (χ2v) is 10.1. The molecule has 0 amide bonds. The predicted octanol–water partition coefficient (Wildman–Crippen LogP) is 10.3. The number of hydrogen-bond acceptors (Lipinski definition) is 0. The summed E-state index contributed by atoms with van der Waals surface area (Å²) in [7, 11) is 0. The van der Waals surface area contributed by atoms with Crippen LogP contribution in [-0.4, -0.2) is 0 Å². The third-order valence-corrected chi connectivity index (χ3v) is 8.29. The zero-order chi connectivity index (χ0) is 23.4. The topological polar surface area (TPSA) is 0 Å². The summed E-state index contributed by atoms with van der Waals surface area (Å²) in [5.74, 6) is 0. The molecular formula is C36H20. The van der Waals surface area contributed by atoms with Crippen LogP contribution >= 0.6 is 0 Å². The summed E-state index contributed by atoms with van der Waals surface area (Å²) in [5, 5.41) is 16.4. The summed E-state index contributed by atoms with van der Waals surface area (Å²) < 4.78 is 0. The molecule has 0 aromatic heterocycles. The smallest absolute Gasteiger partial charge is 0.000763 e. The summed E-state index contributed by atoms with van der Waals surface area (Å²) in [6.45, 7) is 0. The average molecular weight is 453 g/mol. The number of hydrogen-bond donors (Lipinski definition) is 0. The monoisotopic (exact) mass is 452 g/mol. The van der Waals surface area contributed by atoms with Crippen molar-refractivity contribution in [3.63, 3.8) is 0 Å². The van der Waals surface area contributed by atoms with E-state index >= 15 is 0 Å². The van der Waals surface area contributed by atoms with Gasteiger partial charge in [0, 0.05) is 0 Å². The summed E-state index contributed by atoms with van der Waals surface area (Å²) in [6.07, 6.45) is 0. The standard InChI is InChI=1S/C36H20/c1-3-7-21(8-4-1)29-19-25-13-11-24-16-18-28-30(22-9-5-2-6-10-22)20-26-14-12-23-15-17-27(29)35-31(23)34(26)36(28)32(24)33(25)35/h1-20H. The van der Waals surface area contributed by atoms with Gasteiger partial charge in [-0.2, -0.15) is 0 Å². The zero-order valence-electron chi connectivity index (χ0n) is 19.5. The third-order valence-electron chi connectivity index (χ3n) is 8.29. The van der Waals surface area contributed by atoms with E-state index in [4.69, 9.17) is 0 Å². The molecule has 9 aromatic carbocycles. The molecule has 9 rings (SSSR count). The maximum atomic E-state index is 2.41. The highest BCUT2D eigenvalue weighted by atomic mass is 14.3. The van der Waals surface area contributed by atoms with Crippen LogP contribution in [0.2, 0.25) is 0 Å². The van der Waals surface area contributed by atoms with Gasteiger partial charge >= 0.3 is 0 Å². The highest BCUT2D eigenvalue weighted by Gasteiger charge is 2.23. The van der Waals surface area contributed by atoms with E-state index in [1.165, 1.54) is 86.9 Å². The van der Waals surface area contributed by atoms with Crippen molar-refractivity contribution >= 4 is 64.6 Å². The molecule has 0 bridgehead atoms. The van der Waals surface area contributed by atoms with E-state index in [0.717, 1.165) is 0 Å². The lowest BCUT2D eigenvalue weighted by molar-refractivity contribution is 1.67. The van der Waals surface area contributed by atoms with Gasteiger partial charge in [0.15, 0.2) is 0 Å². The minimum atomic E-state index is 1.27. The SMILES string of the molecule is c1ccc(-c2cc3ccc4ccc5c(-c6ccccc6)cc6ccc7ccc2c2c7c6c5c4c32)cc1. The van der Waals surface area contributed by atoms with Crippen LogP contribution in [0.3, 0.4) is 0 Å². The number of benzene rings is 9. The van der Waals surface area contributed by atoms with Gasteiger partial charge in [0.2, 0.25) is 0 Å². The molecule has 0 aliphatic carbocycles. The molecule has 0 fully saturated rings. The molecule has 0 N–H and O–H groups in total. The quantitative estimate of drug-likeness (QED) is 0.181. The van der Waals surface area contributed by atoms with E-state index < -0.39 is 0 Å². The van der Waals surface area contributed by atoms with Crippen LogP contribution in [0.15, 0.2) is 121 Å². The number of rotatable bonds is 2. The molecule has 0 unspecified atom stereocenters. The van der Waals surface area contributed by atoms with Crippen LogP contribution < -0.4 is 0 Å². The first-order valence-corrected chi connectivity index (χ1v) is 12.6.